The van der Waals surface area contributed by atoms with Crippen LogP contribution in [0.1, 0.15) is 6.42 Å². The van der Waals surface area contributed by atoms with Crippen molar-refractivity contribution < 1.29 is 8.42 Å². The lowest BCUT2D eigenvalue weighted by Gasteiger charge is -2.32. The third-order valence-corrected chi connectivity index (χ3v) is 4.69. The Balaban J connectivity index is 1.67. The summed E-state index contributed by atoms with van der Waals surface area (Å²) in [5.41, 5.74) is 0. The van der Waals surface area contributed by atoms with Gasteiger partial charge in [0.1, 0.15) is 0 Å². The lowest BCUT2D eigenvalue weighted by atomic mass is 10.3. The lowest BCUT2D eigenvalue weighted by Crippen LogP contribution is -2.45. The van der Waals surface area contributed by atoms with Gasteiger partial charge in [0.05, 0.1) is 12.5 Å². The van der Waals surface area contributed by atoms with Crippen molar-refractivity contribution in [3.05, 3.63) is 12.5 Å². The van der Waals surface area contributed by atoms with Crippen LogP contribution in [0.5, 0.6) is 0 Å². The van der Waals surface area contributed by atoms with Gasteiger partial charge in [-0.25, -0.2) is 18.1 Å². The molecule has 0 atom stereocenters. The molecule has 108 valence electrons. The SMILES string of the molecule is CN1CCN(CCCNS(=O)(=O)c2cnc[nH]2)CC1. The van der Waals surface area contributed by atoms with E-state index in [2.05, 4.69) is 31.5 Å². The largest absolute Gasteiger partial charge is 0.335 e. The van der Waals surface area contributed by atoms with E-state index in [1.165, 1.54) is 12.5 Å². The zero-order valence-electron chi connectivity index (χ0n) is 11.2. The molecule has 8 heteroatoms. The number of hydrogen-bond donors (Lipinski definition) is 2. The Morgan fingerprint density at radius 2 is 2.11 bits per heavy atom. The number of imidazole rings is 1. The monoisotopic (exact) mass is 287 g/mol. The summed E-state index contributed by atoms with van der Waals surface area (Å²) in [6.07, 6.45) is 3.48. The number of rotatable bonds is 6. The van der Waals surface area contributed by atoms with Crippen molar-refractivity contribution in [1.29, 1.82) is 0 Å². The molecule has 0 radical (unpaired) electrons. The summed E-state index contributed by atoms with van der Waals surface area (Å²) in [4.78, 5) is 11.0. The van der Waals surface area contributed by atoms with E-state index in [-0.39, 0.29) is 5.03 Å². The molecule has 0 aliphatic carbocycles. The Morgan fingerprint density at radius 1 is 1.37 bits per heavy atom. The van der Waals surface area contributed by atoms with Crippen LogP contribution >= 0.6 is 0 Å². The number of aromatic nitrogens is 2. The summed E-state index contributed by atoms with van der Waals surface area (Å²) >= 11 is 0. The van der Waals surface area contributed by atoms with Crippen LogP contribution in [0.15, 0.2) is 17.6 Å². The fourth-order valence-corrected chi connectivity index (χ4v) is 3.02. The molecule has 1 fully saturated rings. The van der Waals surface area contributed by atoms with Gasteiger partial charge < -0.3 is 14.8 Å². The summed E-state index contributed by atoms with van der Waals surface area (Å²) < 4.78 is 26.1. The van der Waals surface area contributed by atoms with Gasteiger partial charge >= 0.3 is 0 Å². The van der Waals surface area contributed by atoms with Crippen molar-refractivity contribution in [2.45, 2.75) is 11.4 Å². The van der Waals surface area contributed by atoms with Gasteiger partial charge in [0.25, 0.3) is 10.0 Å². The topological polar surface area (TPSA) is 81.3 Å². The molecular formula is C11H21N5O2S. The van der Waals surface area contributed by atoms with E-state index in [9.17, 15) is 8.42 Å². The molecule has 2 rings (SSSR count). The van der Waals surface area contributed by atoms with E-state index in [1.54, 1.807) is 0 Å². The standard InChI is InChI=1S/C11H21N5O2S/c1-15-5-7-16(8-6-15)4-2-3-14-19(17,18)11-9-12-10-13-11/h9-10,14H,2-8H2,1H3,(H,12,13). The molecule has 0 spiro atoms. The Hall–Kier alpha value is -0.960. The minimum Gasteiger partial charge on any atom is -0.335 e. The Bertz CT molecular complexity index is 465. The quantitative estimate of drug-likeness (QED) is 0.678. The molecule has 0 unspecified atom stereocenters. The van der Waals surface area contributed by atoms with Gasteiger partial charge in [-0.2, -0.15) is 0 Å². The highest BCUT2D eigenvalue weighted by molar-refractivity contribution is 7.89. The lowest BCUT2D eigenvalue weighted by molar-refractivity contribution is 0.153. The third-order valence-electron chi connectivity index (χ3n) is 3.30. The number of aromatic amines is 1. The molecule has 0 saturated carbocycles. The second-order valence-corrected chi connectivity index (χ2v) is 6.55. The number of nitrogens with one attached hydrogen (secondary N) is 2. The van der Waals surface area contributed by atoms with Gasteiger partial charge in [0, 0.05) is 32.7 Å². The average Bonchev–Trinajstić information content (AvgIpc) is 2.91. The normalized spacial score (nSPS) is 18.8. The second kappa shape index (κ2) is 6.47. The van der Waals surface area contributed by atoms with Crippen LogP contribution in [-0.4, -0.2) is 74.5 Å². The first-order valence-electron chi connectivity index (χ1n) is 6.47. The van der Waals surface area contributed by atoms with E-state index >= 15 is 0 Å². The third kappa shape index (κ3) is 4.27. The van der Waals surface area contributed by atoms with Gasteiger partial charge in [-0.05, 0) is 20.0 Å². The predicted molar refractivity (Wildman–Crippen MR) is 72.3 cm³/mol. The maximum atomic E-state index is 11.8. The van der Waals surface area contributed by atoms with Crippen molar-refractivity contribution in [1.82, 2.24) is 24.5 Å². The minimum atomic E-state index is -3.42. The molecule has 2 N–H and O–H groups in total. The average molecular weight is 287 g/mol. The summed E-state index contributed by atoms with van der Waals surface area (Å²) in [7, 11) is -1.30. The van der Waals surface area contributed by atoms with Crippen molar-refractivity contribution in [2.24, 2.45) is 0 Å². The number of sulfonamides is 1. The molecule has 1 aliphatic heterocycles. The molecule has 1 aromatic heterocycles. The van der Waals surface area contributed by atoms with Crippen molar-refractivity contribution in [3.63, 3.8) is 0 Å². The predicted octanol–water partition coefficient (Wildman–Crippen LogP) is -0.674. The van der Waals surface area contributed by atoms with Crippen LogP contribution in [0.2, 0.25) is 0 Å². The first-order chi connectivity index (χ1) is 9.08. The molecule has 1 aromatic rings. The van der Waals surface area contributed by atoms with Crippen LogP contribution in [0.4, 0.5) is 0 Å². The highest BCUT2D eigenvalue weighted by atomic mass is 32.2. The fourth-order valence-electron chi connectivity index (χ4n) is 2.05. The van der Waals surface area contributed by atoms with Crippen molar-refractivity contribution in [3.8, 4) is 0 Å². The summed E-state index contributed by atoms with van der Waals surface area (Å²) in [6.45, 7) is 5.67. The summed E-state index contributed by atoms with van der Waals surface area (Å²) in [5.74, 6) is 0. The van der Waals surface area contributed by atoms with E-state index in [0.717, 1.165) is 39.1 Å². The van der Waals surface area contributed by atoms with Crippen LogP contribution in [-0.2, 0) is 10.0 Å². The first kappa shape index (κ1) is 14.4. The van der Waals surface area contributed by atoms with Gasteiger partial charge in [-0.15, -0.1) is 0 Å². The van der Waals surface area contributed by atoms with Crippen molar-refractivity contribution in [2.75, 3.05) is 46.3 Å². The number of H-pyrrole nitrogens is 1. The number of nitrogens with zero attached hydrogens (tertiary/aromatic N) is 3. The fraction of sp³-hybridized carbons (Fsp3) is 0.727. The molecule has 19 heavy (non-hydrogen) atoms. The molecule has 2 heterocycles. The number of piperazine rings is 1. The molecule has 1 saturated heterocycles. The maximum Gasteiger partial charge on any atom is 0.257 e. The second-order valence-electron chi connectivity index (χ2n) is 4.81. The van der Waals surface area contributed by atoms with Gasteiger partial charge in [-0.3, -0.25) is 0 Å². The van der Waals surface area contributed by atoms with Crippen LogP contribution in [0, 0.1) is 0 Å². The van der Waals surface area contributed by atoms with Gasteiger partial charge in [0.15, 0.2) is 5.03 Å². The highest BCUT2D eigenvalue weighted by Gasteiger charge is 2.16. The maximum absolute atomic E-state index is 11.8. The Kier molecular flexibility index (Phi) is 4.92. The Labute approximate surface area is 114 Å². The smallest absolute Gasteiger partial charge is 0.257 e. The van der Waals surface area contributed by atoms with Crippen LogP contribution in [0.3, 0.4) is 0 Å². The zero-order chi connectivity index (χ0) is 13.7. The molecule has 1 aliphatic rings. The summed E-state index contributed by atoms with van der Waals surface area (Å²) in [6, 6.07) is 0. The van der Waals surface area contributed by atoms with Gasteiger partial charge in [-0.1, -0.05) is 0 Å². The van der Waals surface area contributed by atoms with E-state index in [1.807, 2.05) is 0 Å². The van der Waals surface area contributed by atoms with Crippen LogP contribution in [0.25, 0.3) is 0 Å². The van der Waals surface area contributed by atoms with Gasteiger partial charge in [0.2, 0.25) is 0 Å². The number of hydrogen-bond acceptors (Lipinski definition) is 5. The van der Waals surface area contributed by atoms with E-state index < -0.39 is 10.0 Å². The van der Waals surface area contributed by atoms with Crippen LogP contribution < -0.4 is 4.72 Å². The molecular weight excluding hydrogens is 266 g/mol. The minimum absolute atomic E-state index is 0.118. The Morgan fingerprint density at radius 3 is 2.74 bits per heavy atom. The van der Waals surface area contributed by atoms with Crippen molar-refractivity contribution >= 4 is 10.0 Å². The molecule has 0 aromatic carbocycles. The first-order valence-corrected chi connectivity index (χ1v) is 7.95. The zero-order valence-corrected chi connectivity index (χ0v) is 12.0. The number of likely N-dealkylation sites (N-methyl/N-ethyl adjacent to an activating group) is 1. The highest BCUT2D eigenvalue weighted by Crippen LogP contribution is 2.03. The van der Waals surface area contributed by atoms with E-state index in [4.69, 9.17) is 0 Å². The molecule has 0 bridgehead atoms. The van der Waals surface area contributed by atoms with E-state index in [0.29, 0.717) is 6.54 Å². The summed E-state index contributed by atoms with van der Waals surface area (Å²) in [5, 5.41) is 0.118. The molecule has 0 amide bonds. The molecule has 7 nitrogen and oxygen atoms in total.